The summed E-state index contributed by atoms with van der Waals surface area (Å²) in [6, 6.07) is 18.0. The van der Waals surface area contributed by atoms with Crippen LogP contribution in [0.25, 0.3) is 11.8 Å². The van der Waals surface area contributed by atoms with Crippen LogP contribution in [-0.2, 0) is 4.79 Å². The predicted octanol–water partition coefficient (Wildman–Crippen LogP) is 5.38. The molecule has 3 heterocycles. The first-order valence-electron chi connectivity index (χ1n) is 10.7. The summed E-state index contributed by atoms with van der Waals surface area (Å²) in [5, 5.41) is 15.8. The van der Waals surface area contributed by atoms with Crippen LogP contribution in [0.4, 0.5) is 0 Å². The van der Waals surface area contributed by atoms with Gasteiger partial charge in [-0.3, -0.25) is 10.2 Å². The minimum Gasteiger partial charge on any atom is -0.318 e. The van der Waals surface area contributed by atoms with Gasteiger partial charge in [0.2, 0.25) is 5.17 Å². The van der Waals surface area contributed by atoms with Crippen LogP contribution in [-0.4, -0.2) is 31.5 Å². The first-order valence-corrected chi connectivity index (χ1v) is 11.5. The summed E-state index contributed by atoms with van der Waals surface area (Å²) in [5.74, 6) is -0.375. The van der Waals surface area contributed by atoms with Crippen molar-refractivity contribution in [3.05, 3.63) is 93.8 Å². The van der Waals surface area contributed by atoms with Crippen molar-refractivity contribution in [1.82, 2.24) is 9.58 Å². The number of amides is 1. The summed E-state index contributed by atoms with van der Waals surface area (Å²) in [4.78, 5) is 17.1. The summed E-state index contributed by atoms with van der Waals surface area (Å²) in [6.07, 6.45) is 1.76. The van der Waals surface area contributed by atoms with E-state index in [9.17, 15) is 4.79 Å². The third kappa shape index (κ3) is 3.54. The van der Waals surface area contributed by atoms with Crippen molar-refractivity contribution in [2.24, 2.45) is 10.1 Å². The third-order valence-corrected chi connectivity index (χ3v) is 7.02. The number of aryl methyl sites for hydroxylation is 2. The number of hydrazone groups is 1. The largest absolute Gasteiger partial charge is 0.318 e. The minimum atomic E-state index is -0.417. The maximum absolute atomic E-state index is 12.9. The van der Waals surface area contributed by atoms with Crippen LogP contribution in [0, 0.1) is 33.1 Å². The minimum absolute atomic E-state index is 0.0416. The van der Waals surface area contributed by atoms with Crippen LogP contribution in [0.3, 0.4) is 0 Å². The van der Waals surface area contributed by atoms with E-state index in [0.717, 1.165) is 33.2 Å². The fourth-order valence-corrected chi connectivity index (χ4v) is 5.02. The highest BCUT2D eigenvalue weighted by Crippen LogP contribution is 2.32. The molecule has 0 saturated heterocycles. The Bertz CT molecular complexity index is 1410. The van der Waals surface area contributed by atoms with Gasteiger partial charge in [-0.2, -0.15) is 15.1 Å². The van der Waals surface area contributed by atoms with Crippen LogP contribution in [0.5, 0.6) is 0 Å². The van der Waals surface area contributed by atoms with Crippen LogP contribution in [0.15, 0.2) is 70.3 Å². The van der Waals surface area contributed by atoms with Crippen molar-refractivity contribution >= 4 is 39.8 Å². The van der Waals surface area contributed by atoms with Gasteiger partial charge in [0.1, 0.15) is 5.04 Å². The number of fused-ring (bicyclic) bond motifs is 1. The highest BCUT2D eigenvalue weighted by molar-refractivity contribution is 8.27. The van der Waals surface area contributed by atoms with E-state index in [4.69, 9.17) is 5.41 Å². The molecule has 5 rings (SSSR count). The highest BCUT2D eigenvalue weighted by Gasteiger charge is 2.36. The van der Waals surface area contributed by atoms with Gasteiger partial charge in [0.25, 0.3) is 5.91 Å². The normalized spacial score (nSPS) is 16.8. The molecule has 1 aromatic heterocycles. The van der Waals surface area contributed by atoms with Gasteiger partial charge >= 0.3 is 0 Å². The molecule has 3 aromatic rings. The first-order chi connectivity index (χ1) is 15.8. The van der Waals surface area contributed by atoms with Gasteiger partial charge in [-0.15, -0.1) is 0 Å². The number of rotatable bonds is 3. The number of benzene rings is 2. The summed E-state index contributed by atoms with van der Waals surface area (Å²) >= 11 is 1.31. The average Bonchev–Trinajstić information content (AvgIpc) is 3.34. The fourth-order valence-electron chi connectivity index (χ4n) is 4.13. The Morgan fingerprint density at radius 1 is 1.00 bits per heavy atom. The van der Waals surface area contributed by atoms with Crippen LogP contribution < -0.4 is 0 Å². The van der Waals surface area contributed by atoms with Gasteiger partial charge in [0.15, 0.2) is 5.84 Å². The smallest absolute Gasteiger partial charge is 0.283 e. The Labute approximate surface area is 196 Å². The topological polar surface area (TPSA) is 73.8 Å². The number of carbonyl (C=O) groups excluding carboxylic acids is 1. The summed E-state index contributed by atoms with van der Waals surface area (Å²) in [6.45, 7) is 8.30. The number of thioether (sulfide) groups is 1. The second-order valence-corrected chi connectivity index (χ2v) is 9.13. The lowest BCUT2D eigenvalue weighted by atomic mass is 10.1. The fraction of sp³-hybridized carbons (Fsp3) is 0.154. The molecule has 0 radical (unpaired) electrons. The molecule has 0 spiro atoms. The molecule has 1 N–H and O–H groups in total. The molecule has 0 unspecified atom stereocenters. The van der Waals surface area contributed by atoms with E-state index >= 15 is 0 Å². The first kappa shape index (κ1) is 21.2. The quantitative estimate of drug-likeness (QED) is 0.541. The Morgan fingerprint density at radius 3 is 2.52 bits per heavy atom. The lowest BCUT2D eigenvalue weighted by Crippen LogP contribution is -2.35. The molecular weight excluding hydrogens is 430 g/mol. The monoisotopic (exact) mass is 453 g/mol. The Balaban J connectivity index is 1.54. The van der Waals surface area contributed by atoms with Crippen molar-refractivity contribution in [1.29, 1.82) is 5.41 Å². The predicted molar refractivity (Wildman–Crippen MR) is 135 cm³/mol. The van der Waals surface area contributed by atoms with Gasteiger partial charge in [-0.25, -0.2) is 0 Å². The molecule has 0 saturated carbocycles. The molecule has 0 aliphatic carbocycles. The molecule has 1 amide bonds. The van der Waals surface area contributed by atoms with E-state index in [1.807, 2.05) is 43.3 Å². The van der Waals surface area contributed by atoms with E-state index < -0.39 is 5.91 Å². The SMILES string of the molecule is Cc1cccc(-n2c(C)cc(/C=C3\C(=N)N4N=C(c5ccccc5)SC4=NC3=O)c2C)c1C. The van der Waals surface area contributed by atoms with E-state index in [0.29, 0.717) is 5.17 Å². The number of aliphatic imine (C=N–C) groups is 1. The van der Waals surface area contributed by atoms with Gasteiger partial charge in [-0.05, 0) is 74.4 Å². The Kier molecular flexibility index (Phi) is 5.13. The molecular formula is C26H23N5OS. The van der Waals surface area contributed by atoms with Gasteiger partial charge < -0.3 is 4.57 Å². The maximum atomic E-state index is 12.9. The summed E-state index contributed by atoms with van der Waals surface area (Å²) in [5.41, 5.74) is 7.69. The second kappa shape index (κ2) is 8.01. The molecule has 0 fully saturated rings. The zero-order chi connectivity index (χ0) is 23.3. The van der Waals surface area contributed by atoms with E-state index in [1.165, 1.54) is 27.9 Å². The van der Waals surface area contributed by atoms with Gasteiger partial charge in [-0.1, -0.05) is 42.5 Å². The van der Waals surface area contributed by atoms with Crippen molar-refractivity contribution in [2.75, 3.05) is 0 Å². The van der Waals surface area contributed by atoms with Crippen LogP contribution in [0.2, 0.25) is 0 Å². The summed E-state index contributed by atoms with van der Waals surface area (Å²) < 4.78 is 2.19. The lowest BCUT2D eigenvalue weighted by molar-refractivity contribution is -0.114. The number of hydrogen-bond acceptors (Lipinski definition) is 4. The summed E-state index contributed by atoms with van der Waals surface area (Å²) in [7, 11) is 0. The lowest BCUT2D eigenvalue weighted by Gasteiger charge is -2.20. The van der Waals surface area contributed by atoms with Crippen LogP contribution >= 0.6 is 11.8 Å². The zero-order valence-corrected chi connectivity index (χ0v) is 19.7. The standard InChI is InChI=1S/C26H23N5OS/c1-15-9-8-12-22(17(15)3)30-16(2)13-20(18(30)4)14-21-23(27)31-26(28-24(21)32)33-25(29-31)19-10-6-5-7-11-19/h5-14,27H,1-4H3/b21-14+,27-23?. The molecule has 2 aliphatic heterocycles. The number of aromatic nitrogens is 1. The van der Waals surface area contributed by atoms with Crippen molar-refractivity contribution in [3.8, 4) is 5.69 Å². The van der Waals surface area contributed by atoms with Crippen molar-refractivity contribution < 1.29 is 4.79 Å². The number of amidine groups is 2. The van der Waals surface area contributed by atoms with Crippen molar-refractivity contribution in [3.63, 3.8) is 0 Å². The number of nitrogens with zero attached hydrogens (tertiary/aromatic N) is 4. The van der Waals surface area contributed by atoms with E-state index in [1.54, 1.807) is 6.08 Å². The molecule has 2 aromatic carbocycles. The Morgan fingerprint density at radius 2 is 1.76 bits per heavy atom. The molecule has 164 valence electrons. The average molecular weight is 454 g/mol. The van der Waals surface area contributed by atoms with Crippen LogP contribution in [0.1, 0.15) is 33.6 Å². The maximum Gasteiger partial charge on any atom is 0.283 e. The number of hydrogen-bond donors (Lipinski definition) is 1. The molecule has 2 aliphatic rings. The third-order valence-electron chi connectivity index (χ3n) is 6.06. The van der Waals surface area contributed by atoms with E-state index in [-0.39, 0.29) is 11.4 Å². The van der Waals surface area contributed by atoms with E-state index in [2.05, 4.69) is 53.6 Å². The molecule has 33 heavy (non-hydrogen) atoms. The number of carbonyl (C=O) groups is 1. The highest BCUT2D eigenvalue weighted by atomic mass is 32.2. The second-order valence-electron chi connectivity index (χ2n) is 8.17. The van der Waals surface area contributed by atoms with Gasteiger partial charge in [0, 0.05) is 22.6 Å². The molecule has 6 nitrogen and oxygen atoms in total. The number of nitrogens with one attached hydrogen (secondary N) is 1. The molecule has 0 bridgehead atoms. The van der Waals surface area contributed by atoms with Crippen molar-refractivity contribution in [2.45, 2.75) is 27.7 Å². The molecule has 0 atom stereocenters. The molecule has 7 heteroatoms. The van der Waals surface area contributed by atoms with Gasteiger partial charge in [0.05, 0.1) is 5.57 Å². The Hall–Kier alpha value is -3.71. The zero-order valence-electron chi connectivity index (χ0n) is 18.9.